The van der Waals surface area contributed by atoms with Crippen LogP contribution in [0.3, 0.4) is 0 Å². The minimum Gasteiger partial charge on any atom is -0.378 e. The van der Waals surface area contributed by atoms with Crippen molar-refractivity contribution < 1.29 is 0 Å². The summed E-state index contributed by atoms with van der Waals surface area (Å²) in [5.74, 6) is 0. The van der Waals surface area contributed by atoms with Gasteiger partial charge >= 0.3 is 0 Å². The summed E-state index contributed by atoms with van der Waals surface area (Å²) in [6.45, 7) is 11.3. The maximum Gasteiger partial charge on any atom is 0.0565 e. The van der Waals surface area contributed by atoms with Crippen molar-refractivity contribution in [2.45, 2.75) is 52.5 Å². The SMILES string of the molecule is Cc1cc(C2Cc3cc(C(C)(C)C)ccc3N2)c(C)s1. The number of benzene rings is 1. The second-order valence-electron chi connectivity index (χ2n) is 6.89. The Morgan fingerprint density at radius 1 is 1.15 bits per heavy atom. The summed E-state index contributed by atoms with van der Waals surface area (Å²) in [5, 5.41) is 3.69. The van der Waals surface area contributed by atoms with Crippen LogP contribution < -0.4 is 5.32 Å². The van der Waals surface area contributed by atoms with Crippen LogP contribution in [0.15, 0.2) is 24.3 Å². The molecule has 106 valence electrons. The lowest BCUT2D eigenvalue weighted by Gasteiger charge is -2.19. The van der Waals surface area contributed by atoms with Crippen molar-refractivity contribution in [3.05, 3.63) is 50.7 Å². The van der Waals surface area contributed by atoms with E-state index in [0.29, 0.717) is 6.04 Å². The van der Waals surface area contributed by atoms with Crippen LogP contribution in [-0.4, -0.2) is 0 Å². The van der Waals surface area contributed by atoms with E-state index in [0.717, 1.165) is 6.42 Å². The average Bonchev–Trinajstić information content (AvgIpc) is 2.89. The predicted molar refractivity (Wildman–Crippen MR) is 89.0 cm³/mol. The first-order valence-electron chi connectivity index (χ1n) is 7.31. The molecule has 0 aliphatic carbocycles. The van der Waals surface area contributed by atoms with Gasteiger partial charge in [0.25, 0.3) is 0 Å². The smallest absolute Gasteiger partial charge is 0.0565 e. The predicted octanol–water partition coefficient (Wildman–Crippen LogP) is 5.37. The molecule has 2 aromatic rings. The molecule has 1 aromatic carbocycles. The summed E-state index contributed by atoms with van der Waals surface area (Å²) >= 11 is 1.90. The van der Waals surface area contributed by atoms with Gasteiger partial charge in [-0.05, 0) is 54.5 Å². The zero-order valence-corrected chi connectivity index (χ0v) is 13.8. The molecule has 1 nitrogen and oxygen atoms in total. The van der Waals surface area contributed by atoms with Crippen LogP contribution in [0.25, 0.3) is 0 Å². The fourth-order valence-electron chi connectivity index (χ4n) is 3.01. The Bertz CT molecular complexity index is 646. The summed E-state index contributed by atoms with van der Waals surface area (Å²) in [5.41, 5.74) is 5.90. The van der Waals surface area contributed by atoms with E-state index in [2.05, 4.69) is 64.2 Å². The molecule has 0 saturated carbocycles. The summed E-state index contributed by atoms with van der Waals surface area (Å²) in [4.78, 5) is 2.86. The fraction of sp³-hybridized carbons (Fsp3) is 0.444. The number of nitrogens with one attached hydrogen (secondary N) is 1. The largest absolute Gasteiger partial charge is 0.378 e. The van der Waals surface area contributed by atoms with Gasteiger partial charge in [-0.2, -0.15) is 0 Å². The third-order valence-electron chi connectivity index (χ3n) is 4.18. The zero-order valence-electron chi connectivity index (χ0n) is 13.0. The molecule has 20 heavy (non-hydrogen) atoms. The molecular weight excluding hydrogens is 262 g/mol. The second kappa shape index (κ2) is 4.63. The average molecular weight is 285 g/mol. The van der Waals surface area contributed by atoms with Gasteiger partial charge in [0.2, 0.25) is 0 Å². The number of hydrogen-bond donors (Lipinski definition) is 1. The highest BCUT2D eigenvalue weighted by atomic mass is 32.1. The fourth-order valence-corrected chi connectivity index (χ4v) is 4.00. The Morgan fingerprint density at radius 3 is 2.50 bits per heavy atom. The lowest BCUT2D eigenvalue weighted by atomic mass is 9.85. The molecular formula is C18H23NS. The molecule has 0 spiro atoms. The molecule has 1 aromatic heterocycles. The first kappa shape index (κ1) is 13.7. The molecule has 1 unspecified atom stereocenters. The van der Waals surface area contributed by atoms with Gasteiger partial charge in [-0.25, -0.2) is 0 Å². The maximum atomic E-state index is 3.69. The van der Waals surface area contributed by atoms with Crippen molar-refractivity contribution in [3.63, 3.8) is 0 Å². The van der Waals surface area contributed by atoms with E-state index in [1.807, 2.05) is 11.3 Å². The number of thiophene rings is 1. The number of aryl methyl sites for hydroxylation is 2. The number of rotatable bonds is 1. The van der Waals surface area contributed by atoms with Crippen LogP contribution in [-0.2, 0) is 11.8 Å². The first-order valence-corrected chi connectivity index (χ1v) is 8.13. The Morgan fingerprint density at radius 2 is 1.90 bits per heavy atom. The van der Waals surface area contributed by atoms with Crippen molar-refractivity contribution in [2.75, 3.05) is 5.32 Å². The van der Waals surface area contributed by atoms with Gasteiger partial charge in [-0.3, -0.25) is 0 Å². The highest BCUT2D eigenvalue weighted by Gasteiger charge is 2.25. The van der Waals surface area contributed by atoms with E-state index >= 15 is 0 Å². The lowest BCUT2D eigenvalue weighted by Crippen LogP contribution is -2.10. The molecule has 1 N–H and O–H groups in total. The van der Waals surface area contributed by atoms with E-state index in [9.17, 15) is 0 Å². The van der Waals surface area contributed by atoms with Crippen molar-refractivity contribution in [3.8, 4) is 0 Å². The molecule has 3 rings (SSSR count). The van der Waals surface area contributed by atoms with Gasteiger partial charge < -0.3 is 5.32 Å². The van der Waals surface area contributed by atoms with Gasteiger partial charge in [0.1, 0.15) is 0 Å². The Hall–Kier alpha value is -1.28. The van der Waals surface area contributed by atoms with Crippen LogP contribution in [0.1, 0.15) is 53.3 Å². The van der Waals surface area contributed by atoms with E-state index in [1.165, 1.54) is 32.1 Å². The number of anilines is 1. The molecule has 1 atom stereocenters. The first-order chi connectivity index (χ1) is 9.34. The van der Waals surface area contributed by atoms with E-state index in [-0.39, 0.29) is 5.41 Å². The molecule has 2 heterocycles. The van der Waals surface area contributed by atoms with Crippen molar-refractivity contribution in [1.29, 1.82) is 0 Å². The topological polar surface area (TPSA) is 12.0 Å². The summed E-state index contributed by atoms with van der Waals surface area (Å²) in [6.07, 6.45) is 1.11. The minimum atomic E-state index is 0.224. The van der Waals surface area contributed by atoms with Gasteiger partial charge in [0, 0.05) is 15.4 Å². The minimum absolute atomic E-state index is 0.224. The maximum absolute atomic E-state index is 3.69. The second-order valence-corrected chi connectivity index (χ2v) is 8.35. The monoisotopic (exact) mass is 285 g/mol. The van der Waals surface area contributed by atoms with Crippen LogP contribution in [0, 0.1) is 13.8 Å². The van der Waals surface area contributed by atoms with E-state index < -0.39 is 0 Å². The van der Waals surface area contributed by atoms with Crippen molar-refractivity contribution in [1.82, 2.24) is 0 Å². The Labute approximate surface area is 126 Å². The summed E-state index contributed by atoms with van der Waals surface area (Å²) in [6, 6.07) is 9.69. The quantitative estimate of drug-likeness (QED) is 0.742. The van der Waals surface area contributed by atoms with E-state index in [1.54, 1.807) is 0 Å². The third kappa shape index (κ3) is 2.37. The summed E-state index contributed by atoms with van der Waals surface area (Å²) < 4.78 is 0. The molecule has 0 bridgehead atoms. The van der Waals surface area contributed by atoms with Crippen molar-refractivity contribution >= 4 is 17.0 Å². The van der Waals surface area contributed by atoms with Crippen molar-refractivity contribution in [2.24, 2.45) is 0 Å². The number of fused-ring (bicyclic) bond motifs is 1. The van der Waals surface area contributed by atoms with E-state index in [4.69, 9.17) is 0 Å². The molecule has 0 amide bonds. The van der Waals surface area contributed by atoms with Gasteiger partial charge in [-0.15, -0.1) is 11.3 Å². The Kier molecular flexibility index (Phi) is 3.17. The zero-order chi connectivity index (χ0) is 14.5. The van der Waals surface area contributed by atoms with Crippen LogP contribution in [0.4, 0.5) is 5.69 Å². The Balaban J connectivity index is 1.91. The number of hydrogen-bond acceptors (Lipinski definition) is 2. The van der Waals surface area contributed by atoms with Gasteiger partial charge in [-0.1, -0.05) is 32.9 Å². The molecule has 1 aliphatic rings. The molecule has 0 fully saturated rings. The summed E-state index contributed by atoms with van der Waals surface area (Å²) in [7, 11) is 0. The highest BCUT2D eigenvalue weighted by molar-refractivity contribution is 7.12. The molecule has 0 saturated heterocycles. The lowest BCUT2D eigenvalue weighted by molar-refractivity contribution is 0.589. The van der Waals surface area contributed by atoms with Gasteiger partial charge in [0.05, 0.1) is 6.04 Å². The highest BCUT2D eigenvalue weighted by Crippen LogP contribution is 2.39. The van der Waals surface area contributed by atoms with Crippen LogP contribution in [0.2, 0.25) is 0 Å². The standard InChI is InChI=1S/C18H23NS/c1-11-8-15(12(2)20-11)17-10-13-9-14(18(3,4)5)6-7-16(13)19-17/h6-9,17,19H,10H2,1-5H3. The third-order valence-corrected chi connectivity index (χ3v) is 5.16. The van der Waals surface area contributed by atoms with Gasteiger partial charge in [0.15, 0.2) is 0 Å². The molecule has 2 heteroatoms. The molecule has 1 aliphatic heterocycles. The van der Waals surface area contributed by atoms with Crippen LogP contribution >= 0.6 is 11.3 Å². The normalized spacial score (nSPS) is 17.9. The molecule has 0 radical (unpaired) electrons. The van der Waals surface area contributed by atoms with Crippen LogP contribution in [0.5, 0.6) is 0 Å².